The van der Waals surface area contributed by atoms with Gasteiger partial charge in [0, 0.05) is 47.3 Å². The summed E-state index contributed by atoms with van der Waals surface area (Å²) in [6.07, 6.45) is 6.62. The molecule has 0 aliphatic rings. The minimum absolute atomic E-state index is 0. The van der Waals surface area contributed by atoms with Gasteiger partial charge in [-0.25, -0.2) is 13.4 Å². The van der Waals surface area contributed by atoms with Crippen molar-refractivity contribution in [2.75, 3.05) is 13.4 Å². The monoisotopic (exact) mass is 807 g/mol. The van der Waals surface area contributed by atoms with E-state index in [0.29, 0.717) is 33.6 Å². The van der Waals surface area contributed by atoms with Crippen molar-refractivity contribution >= 4 is 31.6 Å². The molecule has 232 valence electrons. The zero-order valence-corrected chi connectivity index (χ0v) is 28.5. The molecule has 3 heterocycles. The smallest absolute Gasteiger partial charge is 0.509 e. The number of hydrogen-bond acceptors (Lipinski definition) is 6. The van der Waals surface area contributed by atoms with Crippen molar-refractivity contribution in [3.8, 4) is 39.9 Å². The first kappa shape index (κ1) is 31.3. The van der Waals surface area contributed by atoms with E-state index in [0.717, 1.165) is 44.1 Å². The van der Waals surface area contributed by atoms with Gasteiger partial charge in [0.2, 0.25) is 0 Å². The molecule has 0 spiro atoms. The van der Waals surface area contributed by atoms with Crippen LogP contribution in [0.1, 0.15) is 11.1 Å². The van der Waals surface area contributed by atoms with Gasteiger partial charge in [-0.3, -0.25) is 4.68 Å². The molecule has 0 amide bonds. The summed E-state index contributed by atoms with van der Waals surface area (Å²) in [6, 6.07) is 31.6. The maximum Gasteiger partial charge on any atom is 2.00 e. The number of rotatable bonds is 7. The molecule has 0 radical (unpaired) electrons. The van der Waals surface area contributed by atoms with Gasteiger partial charge in [0.25, 0.3) is 0 Å². The molecule has 0 aliphatic heterocycles. The third-order valence-electron chi connectivity index (χ3n) is 7.76. The molecule has 0 fully saturated rings. The van der Waals surface area contributed by atoms with Crippen LogP contribution < -0.4 is 9.47 Å². The van der Waals surface area contributed by atoms with E-state index in [1.807, 2.05) is 74.6 Å². The van der Waals surface area contributed by atoms with Gasteiger partial charge in [-0.15, -0.1) is 35.7 Å². The van der Waals surface area contributed by atoms with Crippen LogP contribution in [0.3, 0.4) is 0 Å². The first-order chi connectivity index (χ1) is 21.7. The van der Waals surface area contributed by atoms with E-state index in [1.165, 1.54) is 6.26 Å². The summed E-state index contributed by atoms with van der Waals surface area (Å²) in [5.41, 5.74) is 6.08. The number of para-hydroxylation sites is 1. The molecule has 10 heteroatoms. The number of benzene rings is 4. The van der Waals surface area contributed by atoms with E-state index in [1.54, 1.807) is 36.3 Å². The Labute approximate surface area is 281 Å². The third kappa shape index (κ3) is 5.72. The van der Waals surface area contributed by atoms with Gasteiger partial charge in [-0.1, -0.05) is 23.7 Å². The summed E-state index contributed by atoms with van der Waals surface area (Å²) in [7, 11) is -1.67. The number of hydrogen-bond donors (Lipinski definition) is 0. The molecule has 3 aromatic heterocycles. The maximum atomic E-state index is 12.1. The van der Waals surface area contributed by atoms with E-state index in [2.05, 4.69) is 38.9 Å². The molecule has 0 saturated carbocycles. The van der Waals surface area contributed by atoms with Crippen LogP contribution in [0.25, 0.3) is 44.4 Å². The molecular weight excluding hydrogens is 780 g/mol. The topological polar surface area (TPSA) is 88.2 Å². The molecule has 0 aliphatic carbocycles. The molecule has 0 saturated heterocycles. The van der Waals surface area contributed by atoms with E-state index in [4.69, 9.17) is 9.47 Å². The average molecular weight is 808 g/mol. The van der Waals surface area contributed by atoms with Crippen LogP contribution in [0.4, 0.5) is 0 Å². The fraction of sp³-hybridized carbons (Fsp3) is 0.111. The number of ether oxygens (including phenoxy) is 2. The van der Waals surface area contributed by atoms with Gasteiger partial charge in [0.1, 0.15) is 11.6 Å². The molecule has 0 bridgehead atoms. The molecule has 7 aromatic rings. The zero-order chi connectivity index (χ0) is 31.3. The van der Waals surface area contributed by atoms with Gasteiger partial charge in [-0.2, -0.15) is 17.2 Å². The van der Waals surface area contributed by atoms with Crippen molar-refractivity contribution in [1.29, 1.82) is 0 Å². The Hall–Kier alpha value is -4.72. The Morgan fingerprint density at radius 1 is 0.848 bits per heavy atom. The van der Waals surface area contributed by atoms with Crippen molar-refractivity contribution in [2.24, 2.45) is 0 Å². The van der Waals surface area contributed by atoms with Crippen LogP contribution in [0.2, 0.25) is 0 Å². The van der Waals surface area contributed by atoms with Gasteiger partial charge in [0.15, 0.2) is 9.84 Å². The van der Waals surface area contributed by atoms with Crippen LogP contribution in [0, 0.1) is 26.0 Å². The predicted octanol–water partition coefficient (Wildman–Crippen LogP) is 7.45. The maximum absolute atomic E-state index is 12.1. The van der Waals surface area contributed by atoms with E-state index >= 15 is 0 Å². The number of aryl methyl sites for hydroxylation is 2. The van der Waals surface area contributed by atoms with E-state index < -0.39 is 9.84 Å². The molecule has 46 heavy (non-hydrogen) atoms. The largest absolute Gasteiger partial charge is 2.00 e. The second-order valence-corrected chi connectivity index (χ2v) is 12.9. The summed E-state index contributed by atoms with van der Waals surface area (Å²) < 4.78 is 39.7. The second-order valence-electron chi connectivity index (χ2n) is 10.9. The number of fused-ring (bicyclic) bond motifs is 3. The molecule has 0 unspecified atom stereocenters. The van der Waals surface area contributed by atoms with Crippen LogP contribution in [-0.4, -0.2) is 41.1 Å². The molecule has 0 N–H and O–H groups in total. The standard InChI is InChI=1S/C36H28N4O4S.Pt/c1-23-16-30(45(4,41)42)17-24(2)36(23)25-21-38-39(22-25)26-8-7-9-28(18-26)44-29-12-13-32-31-10-5-6-11-33(31)40(34(32)19-29)35-20-27(43-3)14-15-37-35;/h5-17,20-22H,1-4H3;/q-2;+2. The van der Waals surface area contributed by atoms with Gasteiger partial charge in [0.05, 0.1) is 18.2 Å². The minimum Gasteiger partial charge on any atom is -0.509 e. The van der Waals surface area contributed by atoms with Crippen LogP contribution >= 0.6 is 0 Å². The first-order valence-corrected chi connectivity index (χ1v) is 16.1. The summed E-state index contributed by atoms with van der Waals surface area (Å²) in [6.45, 7) is 3.82. The number of aromatic nitrogens is 4. The SMILES string of the molecule is COc1ccnc(-n2c3[c-]c(Oc4[c-]c(-n5cc(-c6c(C)cc(S(C)(=O)=O)cc6C)cn5)ccc4)ccc3c3ccccc32)c1.[Pt+2]. The predicted molar refractivity (Wildman–Crippen MR) is 174 cm³/mol. The van der Waals surface area contributed by atoms with E-state index in [-0.39, 0.29) is 21.1 Å². The Morgan fingerprint density at radius 2 is 1.61 bits per heavy atom. The quantitative estimate of drug-likeness (QED) is 0.156. The van der Waals surface area contributed by atoms with Crippen LogP contribution in [0.5, 0.6) is 17.2 Å². The summed E-state index contributed by atoms with van der Waals surface area (Å²) in [5, 5.41) is 6.68. The van der Waals surface area contributed by atoms with Crippen LogP contribution in [-0.2, 0) is 30.9 Å². The Kier molecular flexibility index (Phi) is 8.31. The minimum atomic E-state index is -3.31. The number of pyridine rings is 1. The average Bonchev–Trinajstić information content (AvgIpc) is 3.63. The molecule has 4 aromatic carbocycles. The summed E-state index contributed by atoms with van der Waals surface area (Å²) in [5.74, 6) is 2.46. The van der Waals surface area contributed by atoms with Crippen molar-refractivity contribution in [3.05, 3.63) is 121 Å². The third-order valence-corrected chi connectivity index (χ3v) is 8.86. The number of methoxy groups -OCH3 is 1. The van der Waals surface area contributed by atoms with Gasteiger partial charge in [-0.05, 0) is 65.9 Å². The fourth-order valence-electron chi connectivity index (χ4n) is 5.75. The summed E-state index contributed by atoms with van der Waals surface area (Å²) >= 11 is 0. The molecule has 0 atom stereocenters. The number of sulfone groups is 1. The van der Waals surface area contributed by atoms with Gasteiger partial charge < -0.3 is 14.0 Å². The zero-order valence-electron chi connectivity index (χ0n) is 25.4. The molecule has 7 rings (SSSR count). The van der Waals surface area contributed by atoms with Gasteiger partial charge >= 0.3 is 21.1 Å². The summed E-state index contributed by atoms with van der Waals surface area (Å²) in [4.78, 5) is 4.93. The normalized spacial score (nSPS) is 11.5. The Morgan fingerprint density at radius 3 is 2.37 bits per heavy atom. The van der Waals surface area contributed by atoms with Crippen molar-refractivity contribution < 1.29 is 39.0 Å². The van der Waals surface area contributed by atoms with Crippen molar-refractivity contribution in [2.45, 2.75) is 18.7 Å². The Balaban J connectivity index is 0.00000372. The van der Waals surface area contributed by atoms with Crippen molar-refractivity contribution in [1.82, 2.24) is 19.3 Å². The fourth-order valence-corrected chi connectivity index (χ4v) is 6.53. The Bertz CT molecular complexity index is 2340. The van der Waals surface area contributed by atoms with Crippen LogP contribution in [0.15, 0.2) is 102 Å². The molecule has 8 nitrogen and oxygen atoms in total. The number of nitrogens with zero attached hydrogens (tertiary/aromatic N) is 4. The van der Waals surface area contributed by atoms with Crippen molar-refractivity contribution in [3.63, 3.8) is 0 Å². The first-order valence-electron chi connectivity index (χ1n) is 14.2. The van der Waals surface area contributed by atoms with E-state index in [9.17, 15) is 8.42 Å². The molecular formula is C36H28N4O4PtS. The second kappa shape index (κ2) is 12.2.